The number of Topliss-reactive ketones (excluding diaryl/α,β-unsaturated/α-hetero) is 1. The number of nitrogens with one attached hydrogen (secondary N) is 1. The summed E-state index contributed by atoms with van der Waals surface area (Å²) >= 11 is 0. The Balaban J connectivity index is 2.43. The molecule has 21 heavy (non-hydrogen) atoms. The largest absolute Gasteiger partial charge is 0.469 e. The standard InChI is InChI=1S/C16H21NO4/c1-11(2)12-4-6-13(7-5-12)16(20)17-10-14(18)8-9-15(19)21-3/h4-7,11H,8-10H2,1-3H3,(H,17,20). The van der Waals surface area contributed by atoms with Gasteiger partial charge >= 0.3 is 5.97 Å². The maximum Gasteiger partial charge on any atom is 0.305 e. The summed E-state index contributed by atoms with van der Waals surface area (Å²) in [5.41, 5.74) is 1.67. The third kappa shape index (κ3) is 5.77. The van der Waals surface area contributed by atoms with Crippen LogP contribution in [0.2, 0.25) is 0 Å². The Labute approximate surface area is 124 Å². The molecule has 0 atom stereocenters. The first kappa shape index (κ1) is 16.9. The minimum absolute atomic E-state index is 0.0360. The average molecular weight is 291 g/mol. The van der Waals surface area contributed by atoms with Crippen LogP contribution < -0.4 is 5.32 Å². The molecule has 5 heteroatoms. The molecule has 1 aromatic rings. The molecule has 0 aliphatic rings. The number of hydrogen-bond donors (Lipinski definition) is 1. The molecule has 0 aromatic heterocycles. The normalized spacial score (nSPS) is 10.3. The summed E-state index contributed by atoms with van der Waals surface area (Å²) in [4.78, 5) is 34.3. The van der Waals surface area contributed by atoms with Crippen molar-refractivity contribution in [2.75, 3.05) is 13.7 Å². The van der Waals surface area contributed by atoms with Crippen molar-refractivity contribution in [1.82, 2.24) is 5.32 Å². The highest BCUT2D eigenvalue weighted by atomic mass is 16.5. The van der Waals surface area contributed by atoms with E-state index >= 15 is 0 Å². The van der Waals surface area contributed by atoms with Gasteiger partial charge in [0, 0.05) is 12.0 Å². The van der Waals surface area contributed by atoms with E-state index in [-0.39, 0.29) is 31.1 Å². The lowest BCUT2D eigenvalue weighted by atomic mass is 10.0. The van der Waals surface area contributed by atoms with E-state index in [1.807, 2.05) is 12.1 Å². The smallest absolute Gasteiger partial charge is 0.305 e. The summed E-state index contributed by atoms with van der Waals surface area (Å²) in [5, 5.41) is 2.55. The first-order chi connectivity index (χ1) is 9.93. The maximum absolute atomic E-state index is 11.9. The fourth-order valence-corrected chi connectivity index (χ4v) is 1.73. The molecule has 1 rings (SSSR count). The molecule has 114 valence electrons. The summed E-state index contributed by atoms with van der Waals surface area (Å²) in [6, 6.07) is 7.28. The van der Waals surface area contributed by atoms with E-state index < -0.39 is 5.97 Å². The van der Waals surface area contributed by atoms with Gasteiger partial charge in [-0.15, -0.1) is 0 Å². The van der Waals surface area contributed by atoms with Crippen molar-refractivity contribution >= 4 is 17.7 Å². The minimum Gasteiger partial charge on any atom is -0.469 e. The lowest BCUT2D eigenvalue weighted by Gasteiger charge is -2.07. The van der Waals surface area contributed by atoms with E-state index in [4.69, 9.17) is 0 Å². The Morgan fingerprint density at radius 1 is 1.10 bits per heavy atom. The number of rotatable bonds is 7. The van der Waals surface area contributed by atoms with E-state index in [0.717, 1.165) is 5.56 Å². The van der Waals surface area contributed by atoms with Crippen molar-refractivity contribution in [2.45, 2.75) is 32.6 Å². The number of benzene rings is 1. The Kier molecular flexibility index (Phi) is 6.59. The predicted molar refractivity (Wildman–Crippen MR) is 79.1 cm³/mol. The molecular formula is C16H21NO4. The molecule has 0 bridgehead atoms. The van der Waals surface area contributed by atoms with Gasteiger partial charge in [-0.1, -0.05) is 26.0 Å². The van der Waals surface area contributed by atoms with E-state index in [2.05, 4.69) is 23.9 Å². The highest BCUT2D eigenvalue weighted by Gasteiger charge is 2.10. The number of methoxy groups -OCH3 is 1. The highest BCUT2D eigenvalue weighted by Crippen LogP contribution is 2.14. The Morgan fingerprint density at radius 3 is 2.24 bits per heavy atom. The second-order valence-electron chi connectivity index (χ2n) is 5.07. The zero-order valence-electron chi connectivity index (χ0n) is 12.6. The predicted octanol–water partition coefficient (Wildman–Crippen LogP) is 2.06. The van der Waals surface area contributed by atoms with E-state index in [1.54, 1.807) is 12.1 Å². The molecule has 1 aromatic carbocycles. The number of carbonyl (C=O) groups excluding carboxylic acids is 3. The van der Waals surface area contributed by atoms with Crippen LogP contribution in [0.25, 0.3) is 0 Å². The van der Waals surface area contributed by atoms with Crippen LogP contribution in [0.1, 0.15) is 48.5 Å². The molecule has 0 saturated carbocycles. The van der Waals surface area contributed by atoms with Gasteiger partial charge in [-0.05, 0) is 23.6 Å². The first-order valence-electron chi connectivity index (χ1n) is 6.90. The second kappa shape index (κ2) is 8.19. The monoisotopic (exact) mass is 291 g/mol. The number of carbonyl (C=O) groups is 3. The lowest BCUT2D eigenvalue weighted by Crippen LogP contribution is -2.29. The van der Waals surface area contributed by atoms with Crippen molar-refractivity contribution < 1.29 is 19.1 Å². The van der Waals surface area contributed by atoms with E-state index in [0.29, 0.717) is 11.5 Å². The Bertz CT molecular complexity index is 506. The zero-order valence-corrected chi connectivity index (χ0v) is 12.6. The Hall–Kier alpha value is -2.17. The van der Waals surface area contributed by atoms with Gasteiger partial charge in [-0.25, -0.2) is 0 Å². The van der Waals surface area contributed by atoms with Crippen LogP contribution in [0.3, 0.4) is 0 Å². The van der Waals surface area contributed by atoms with Crippen molar-refractivity contribution in [3.05, 3.63) is 35.4 Å². The average Bonchev–Trinajstić information content (AvgIpc) is 2.50. The molecule has 0 heterocycles. The molecule has 5 nitrogen and oxygen atoms in total. The van der Waals surface area contributed by atoms with Crippen LogP contribution in [0.15, 0.2) is 24.3 Å². The molecule has 0 radical (unpaired) electrons. The van der Waals surface area contributed by atoms with Crippen molar-refractivity contribution in [3.8, 4) is 0 Å². The molecule has 1 N–H and O–H groups in total. The maximum atomic E-state index is 11.9. The van der Waals surface area contributed by atoms with E-state index in [1.165, 1.54) is 7.11 Å². The van der Waals surface area contributed by atoms with Gasteiger partial charge in [0.25, 0.3) is 5.91 Å². The van der Waals surface area contributed by atoms with Gasteiger partial charge in [0.1, 0.15) is 0 Å². The Morgan fingerprint density at radius 2 is 1.71 bits per heavy atom. The molecule has 0 saturated heterocycles. The summed E-state index contributed by atoms with van der Waals surface area (Å²) in [6.45, 7) is 4.08. The van der Waals surface area contributed by atoms with Crippen LogP contribution >= 0.6 is 0 Å². The van der Waals surface area contributed by atoms with Gasteiger partial charge < -0.3 is 10.1 Å². The number of amides is 1. The van der Waals surface area contributed by atoms with Gasteiger partial charge in [0.2, 0.25) is 0 Å². The molecule has 0 aliphatic carbocycles. The molecular weight excluding hydrogens is 270 g/mol. The first-order valence-corrected chi connectivity index (χ1v) is 6.90. The quantitative estimate of drug-likeness (QED) is 0.780. The van der Waals surface area contributed by atoms with Crippen LogP contribution in [0.4, 0.5) is 0 Å². The lowest BCUT2D eigenvalue weighted by molar-refractivity contribution is -0.141. The van der Waals surface area contributed by atoms with Crippen molar-refractivity contribution in [3.63, 3.8) is 0 Å². The SMILES string of the molecule is COC(=O)CCC(=O)CNC(=O)c1ccc(C(C)C)cc1. The van der Waals surface area contributed by atoms with Crippen molar-refractivity contribution in [1.29, 1.82) is 0 Å². The van der Waals surface area contributed by atoms with Gasteiger partial charge in [-0.2, -0.15) is 0 Å². The number of ether oxygens (including phenoxy) is 1. The van der Waals surface area contributed by atoms with Crippen LogP contribution in [-0.4, -0.2) is 31.3 Å². The summed E-state index contributed by atoms with van der Waals surface area (Å²) in [7, 11) is 1.27. The topological polar surface area (TPSA) is 72.5 Å². The number of ketones is 1. The number of esters is 1. The minimum atomic E-state index is -0.432. The third-order valence-electron chi connectivity index (χ3n) is 3.12. The third-order valence-corrected chi connectivity index (χ3v) is 3.12. The van der Waals surface area contributed by atoms with Crippen LogP contribution in [0, 0.1) is 0 Å². The molecule has 1 amide bonds. The van der Waals surface area contributed by atoms with Gasteiger partial charge in [-0.3, -0.25) is 14.4 Å². The summed E-state index contributed by atoms with van der Waals surface area (Å²) in [5.74, 6) is -0.523. The fourth-order valence-electron chi connectivity index (χ4n) is 1.73. The molecule has 0 spiro atoms. The fraction of sp³-hybridized carbons (Fsp3) is 0.438. The van der Waals surface area contributed by atoms with Crippen molar-refractivity contribution in [2.24, 2.45) is 0 Å². The summed E-state index contributed by atoms with van der Waals surface area (Å²) in [6.07, 6.45) is 0.105. The highest BCUT2D eigenvalue weighted by molar-refractivity contribution is 5.97. The van der Waals surface area contributed by atoms with Gasteiger partial charge in [0.15, 0.2) is 5.78 Å². The van der Waals surface area contributed by atoms with Crippen LogP contribution in [-0.2, 0) is 14.3 Å². The van der Waals surface area contributed by atoms with Gasteiger partial charge in [0.05, 0.1) is 20.1 Å². The number of hydrogen-bond acceptors (Lipinski definition) is 4. The molecule has 0 fully saturated rings. The zero-order chi connectivity index (χ0) is 15.8. The van der Waals surface area contributed by atoms with Crippen LogP contribution in [0.5, 0.6) is 0 Å². The molecule has 0 aliphatic heterocycles. The second-order valence-corrected chi connectivity index (χ2v) is 5.07. The molecule has 0 unspecified atom stereocenters. The van der Waals surface area contributed by atoms with E-state index in [9.17, 15) is 14.4 Å². The summed E-state index contributed by atoms with van der Waals surface area (Å²) < 4.78 is 4.45.